The van der Waals surface area contributed by atoms with E-state index in [1.807, 2.05) is 17.5 Å². The molecule has 0 atom stereocenters. The lowest BCUT2D eigenvalue weighted by atomic mass is 9.99. The number of amides is 1. The highest BCUT2D eigenvalue weighted by Crippen LogP contribution is 2.31. The lowest BCUT2D eigenvalue weighted by Gasteiger charge is -2.17. The van der Waals surface area contributed by atoms with Crippen LogP contribution >= 0.6 is 11.3 Å². The van der Waals surface area contributed by atoms with Crippen LogP contribution in [-0.2, 0) is 11.2 Å². The average molecular weight is 298 g/mol. The minimum absolute atomic E-state index is 0.0725. The Morgan fingerprint density at radius 2 is 2.24 bits per heavy atom. The van der Waals surface area contributed by atoms with Crippen molar-refractivity contribution in [3.63, 3.8) is 0 Å². The first kappa shape index (κ1) is 12.2. The number of rotatable bonds is 2. The molecule has 2 aromatic heterocycles. The molecular formula is C14H10N4O2S. The van der Waals surface area contributed by atoms with Gasteiger partial charge in [0.15, 0.2) is 5.01 Å². The maximum Gasteiger partial charge on any atom is 0.231 e. The van der Waals surface area contributed by atoms with Gasteiger partial charge < -0.3 is 9.84 Å². The van der Waals surface area contributed by atoms with Crippen molar-refractivity contribution in [3.05, 3.63) is 35.5 Å². The van der Waals surface area contributed by atoms with Crippen LogP contribution in [0.5, 0.6) is 0 Å². The Hall–Kier alpha value is -2.54. The Labute approximate surface area is 123 Å². The third-order valence-electron chi connectivity index (χ3n) is 3.35. The van der Waals surface area contributed by atoms with E-state index in [2.05, 4.69) is 26.5 Å². The smallest absolute Gasteiger partial charge is 0.231 e. The van der Waals surface area contributed by atoms with Gasteiger partial charge in [-0.25, -0.2) is 4.98 Å². The van der Waals surface area contributed by atoms with Crippen LogP contribution in [0.4, 0.5) is 5.69 Å². The van der Waals surface area contributed by atoms with Crippen molar-refractivity contribution in [1.29, 1.82) is 0 Å². The molecule has 0 saturated carbocycles. The van der Waals surface area contributed by atoms with Crippen LogP contribution in [0.1, 0.15) is 12.0 Å². The fourth-order valence-corrected chi connectivity index (χ4v) is 3.08. The van der Waals surface area contributed by atoms with Crippen LogP contribution in [0.15, 0.2) is 34.5 Å². The summed E-state index contributed by atoms with van der Waals surface area (Å²) in [5, 5.41) is 9.36. The number of fused-ring (bicyclic) bond motifs is 1. The molecule has 0 saturated heterocycles. The molecular weight excluding hydrogens is 288 g/mol. The summed E-state index contributed by atoms with van der Waals surface area (Å²) < 4.78 is 4.73. The average Bonchev–Trinajstić information content (AvgIpc) is 3.17. The molecule has 7 heteroatoms. The molecule has 1 aromatic carbocycles. The maximum absolute atomic E-state index is 11.4. The van der Waals surface area contributed by atoms with Crippen molar-refractivity contribution in [2.75, 3.05) is 5.32 Å². The highest BCUT2D eigenvalue weighted by atomic mass is 32.1. The number of aromatic nitrogens is 3. The summed E-state index contributed by atoms with van der Waals surface area (Å²) in [5.41, 5.74) is 3.93. The van der Waals surface area contributed by atoms with Gasteiger partial charge in [0.1, 0.15) is 0 Å². The van der Waals surface area contributed by atoms with E-state index in [-0.39, 0.29) is 5.91 Å². The Kier molecular flexibility index (Phi) is 2.78. The highest BCUT2D eigenvalue weighted by molar-refractivity contribution is 7.13. The van der Waals surface area contributed by atoms with E-state index >= 15 is 0 Å². The van der Waals surface area contributed by atoms with Crippen LogP contribution in [0.3, 0.4) is 0 Å². The fraction of sp³-hybridized carbons (Fsp3) is 0.143. The molecule has 0 unspecified atom stereocenters. The first-order valence-corrected chi connectivity index (χ1v) is 7.33. The monoisotopic (exact) mass is 298 g/mol. The lowest BCUT2D eigenvalue weighted by molar-refractivity contribution is -0.116. The van der Waals surface area contributed by atoms with Gasteiger partial charge in [-0.2, -0.15) is 4.98 Å². The quantitative estimate of drug-likeness (QED) is 0.786. The number of hydrogen-bond acceptors (Lipinski definition) is 6. The lowest BCUT2D eigenvalue weighted by Crippen LogP contribution is -2.18. The predicted molar refractivity (Wildman–Crippen MR) is 77.8 cm³/mol. The number of nitrogens with zero attached hydrogens (tertiary/aromatic N) is 3. The van der Waals surface area contributed by atoms with Crippen molar-refractivity contribution in [2.45, 2.75) is 12.8 Å². The van der Waals surface area contributed by atoms with Crippen molar-refractivity contribution < 1.29 is 9.32 Å². The number of carbonyl (C=O) groups is 1. The molecule has 1 N–H and O–H groups in total. The maximum atomic E-state index is 11.4. The van der Waals surface area contributed by atoms with Crippen molar-refractivity contribution in [3.8, 4) is 22.1 Å². The molecule has 6 nitrogen and oxygen atoms in total. The van der Waals surface area contributed by atoms with Crippen LogP contribution in [-0.4, -0.2) is 21.0 Å². The molecule has 3 heterocycles. The van der Waals surface area contributed by atoms with Gasteiger partial charge in [-0.1, -0.05) is 11.2 Å². The summed E-state index contributed by atoms with van der Waals surface area (Å²) in [6, 6.07) is 5.96. The van der Waals surface area contributed by atoms with Crippen LogP contribution in [0, 0.1) is 0 Å². The summed E-state index contributed by atoms with van der Waals surface area (Å²) in [7, 11) is 0. The second-order valence-electron chi connectivity index (χ2n) is 4.71. The fourth-order valence-electron chi connectivity index (χ4n) is 2.32. The third-order valence-corrected chi connectivity index (χ3v) is 4.19. The number of anilines is 1. The number of carbonyl (C=O) groups excluding carboxylic acids is 1. The van der Waals surface area contributed by atoms with Crippen molar-refractivity contribution in [1.82, 2.24) is 15.1 Å². The molecule has 1 aliphatic heterocycles. The van der Waals surface area contributed by atoms with E-state index in [1.54, 1.807) is 0 Å². The summed E-state index contributed by atoms with van der Waals surface area (Å²) in [4.78, 5) is 19.9. The molecule has 1 amide bonds. The van der Waals surface area contributed by atoms with Gasteiger partial charge in [0.25, 0.3) is 0 Å². The normalized spacial score (nSPS) is 13.8. The largest absolute Gasteiger partial charge is 0.342 e. The summed E-state index contributed by atoms with van der Waals surface area (Å²) in [6.45, 7) is 0. The standard InChI is InChI=1S/C14H10N4O2S/c19-12-4-2-8-5-9(1-3-10(8)16-12)11-6-21-14(17-11)13-15-7-20-18-13/h1,3,5-7H,2,4H2,(H,16,19). The molecule has 0 spiro atoms. The molecule has 3 aromatic rings. The zero-order valence-corrected chi connectivity index (χ0v) is 11.7. The van der Waals surface area contributed by atoms with Gasteiger partial charge in [-0.3, -0.25) is 4.79 Å². The Balaban J connectivity index is 1.69. The van der Waals surface area contributed by atoms with Gasteiger partial charge >= 0.3 is 0 Å². The Bertz CT molecular complexity index is 810. The molecule has 4 rings (SSSR count). The molecule has 0 bridgehead atoms. The molecule has 104 valence electrons. The van der Waals surface area contributed by atoms with E-state index in [0.717, 1.165) is 33.9 Å². The number of aryl methyl sites for hydroxylation is 1. The number of benzene rings is 1. The van der Waals surface area contributed by atoms with Crippen LogP contribution < -0.4 is 5.32 Å². The van der Waals surface area contributed by atoms with Crippen LogP contribution in [0.25, 0.3) is 22.1 Å². The first-order valence-electron chi connectivity index (χ1n) is 6.45. The third kappa shape index (κ3) is 2.21. The van der Waals surface area contributed by atoms with Crippen molar-refractivity contribution >= 4 is 22.9 Å². The number of nitrogens with one attached hydrogen (secondary N) is 1. The van der Waals surface area contributed by atoms with Gasteiger partial charge in [-0.15, -0.1) is 11.3 Å². The Morgan fingerprint density at radius 1 is 1.29 bits per heavy atom. The SMILES string of the molecule is O=C1CCc2cc(-c3csc(-c4ncon4)n3)ccc2N1. The van der Waals surface area contributed by atoms with Gasteiger partial charge in [0.05, 0.1) is 5.69 Å². The molecule has 0 fully saturated rings. The van der Waals surface area contributed by atoms with E-state index in [1.165, 1.54) is 17.7 Å². The van der Waals surface area contributed by atoms with Gasteiger partial charge in [-0.05, 0) is 24.1 Å². The number of hydrogen-bond donors (Lipinski definition) is 1. The zero-order valence-electron chi connectivity index (χ0n) is 10.9. The molecule has 21 heavy (non-hydrogen) atoms. The topological polar surface area (TPSA) is 80.9 Å². The minimum atomic E-state index is 0.0725. The second-order valence-corrected chi connectivity index (χ2v) is 5.57. The highest BCUT2D eigenvalue weighted by Gasteiger charge is 2.16. The second kappa shape index (κ2) is 4.78. The minimum Gasteiger partial charge on any atom is -0.342 e. The van der Waals surface area contributed by atoms with E-state index in [4.69, 9.17) is 4.52 Å². The van der Waals surface area contributed by atoms with E-state index in [0.29, 0.717) is 12.2 Å². The number of thiazole rings is 1. The summed E-state index contributed by atoms with van der Waals surface area (Å²) in [5.74, 6) is 0.569. The van der Waals surface area contributed by atoms with E-state index in [9.17, 15) is 4.79 Å². The van der Waals surface area contributed by atoms with E-state index < -0.39 is 0 Å². The van der Waals surface area contributed by atoms with Gasteiger partial charge in [0, 0.05) is 23.1 Å². The van der Waals surface area contributed by atoms with Crippen LogP contribution in [0.2, 0.25) is 0 Å². The molecule has 1 aliphatic rings. The zero-order chi connectivity index (χ0) is 14.2. The Morgan fingerprint density at radius 3 is 3.10 bits per heavy atom. The predicted octanol–water partition coefficient (Wildman–Crippen LogP) is 2.74. The first-order chi connectivity index (χ1) is 10.3. The molecule has 0 aliphatic carbocycles. The molecule has 0 radical (unpaired) electrons. The summed E-state index contributed by atoms with van der Waals surface area (Å²) in [6.07, 6.45) is 2.58. The summed E-state index contributed by atoms with van der Waals surface area (Å²) >= 11 is 1.47. The van der Waals surface area contributed by atoms with Crippen molar-refractivity contribution in [2.24, 2.45) is 0 Å². The van der Waals surface area contributed by atoms with Gasteiger partial charge in [0.2, 0.25) is 18.1 Å².